The summed E-state index contributed by atoms with van der Waals surface area (Å²) in [6.45, 7) is 1.59. The van der Waals surface area contributed by atoms with E-state index in [1.807, 2.05) is 4.98 Å². The Morgan fingerprint density at radius 3 is 2.75 bits per heavy atom. The number of aromatic nitrogens is 2. The third-order valence-corrected chi connectivity index (χ3v) is 2.11. The molecule has 0 aliphatic rings. The van der Waals surface area contributed by atoms with Gasteiger partial charge in [-0.15, -0.1) is 0 Å². The summed E-state index contributed by atoms with van der Waals surface area (Å²) in [5.74, 6) is -0.626. The molecule has 16 heavy (non-hydrogen) atoms. The highest BCUT2D eigenvalue weighted by molar-refractivity contribution is 5.93. The predicted octanol–water partition coefficient (Wildman–Crippen LogP) is -1.44. The lowest BCUT2D eigenvalue weighted by molar-refractivity contribution is 0.0913. The van der Waals surface area contributed by atoms with Crippen LogP contribution >= 0.6 is 0 Å². The lowest BCUT2D eigenvalue weighted by Gasteiger charge is -2.13. The second kappa shape index (κ2) is 5.26. The second-order valence-electron chi connectivity index (χ2n) is 3.25. The minimum atomic E-state index is -0.756. The quantitative estimate of drug-likeness (QED) is 0.504. The molecule has 1 rings (SSSR count). The smallest absolute Gasteiger partial charge is 0.325 e. The van der Waals surface area contributed by atoms with Crippen molar-refractivity contribution in [2.75, 3.05) is 6.61 Å². The van der Waals surface area contributed by atoms with Crippen LogP contribution in [0.4, 0.5) is 0 Å². The van der Waals surface area contributed by atoms with E-state index in [9.17, 15) is 14.4 Å². The topological polar surface area (TPSA) is 115 Å². The Labute approximate surface area is 90.5 Å². The molecule has 0 spiro atoms. The van der Waals surface area contributed by atoms with Gasteiger partial charge in [-0.25, -0.2) is 4.79 Å². The first-order valence-electron chi connectivity index (χ1n) is 4.82. The first kappa shape index (κ1) is 12.2. The first-order valence-corrected chi connectivity index (χ1v) is 4.82. The highest BCUT2D eigenvalue weighted by Gasteiger charge is 2.14. The van der Waals surface area contributed by atoms with Crippen molar-refractivity contribution in [3.05, 3.63) is 32.6 Å². The van der Waals surface area contributed by atoms with Crippen LogP contribution in [0.1, 0.15) is 23.7 Å². The van der Waals surface area contributed by atoms with Crippen molar-refractivity contribution in [2.45, 2.75) is 19.4 Å². The van der Waals surface area contributed by atoms with E-state index in [-0.39, 0.29) is 12.2 Å². The van der Waals surface area contributed by atoms with Crippen LogP contribution in [0.25, 0.3) is 0 Å². The van der Waals surface area contributed by atoms with E-state index in [0.717, 1.165) is 6.20 Å². The Balaban J connectivity index is 2.89. The molecule has 1 atom stereocenters. The molecule has 4 N–H and O–H groups in total. The van der Waals surface area contributed by atoms with Crippen LogP contribution in [0.3, 0.4) is 0 Å². The van der Waals surface area contributed by atoms with Crippen LogP contribution in [0.5, 0.6) is 0 Å². The van der Waals surface area contributed by atoms with Crippen molar-refractivity contribution in [1.29, 1.82) is 0 Å². The van der Waals surface area contributed by atoms with E-state index in [2.05, 4.69) is 10.3 Å². The summed E-state index contributed by atoms with van der Waals surface area (Å²) in [5.41, 5.74) is -1.61. The number of carbonyl (C=O) groups excluding carboxylic acids is 1. The maximum Gasteiger partial charge on any atom is 0.325 e. The molecule has 0 aliphatic heterocycles. The molecule has 1 aromatic heterocycles. The van der Waals surface area contributed by atoms with Crippen molar-refractivity contribution in [2.24, 2.45) is 0 Å². The minimum absolute atomic E-state index is 0.188. The van der Waals surface area contributed by atoms with Crippen LogP contribution in [-0.4, -0.2) is 33.6 Å². The van der Waals surface area contributed by atoms with Crippen LogP contribution in [0.15, 0.2) is 15.8 Å². The Morgan fingerprint density at radius 2 is 2.25 bits per heavy atom. The molecule has 88 valence electrons. The van der Waals surface area contributed by atoms with E-state index >= 15 is 0 Å². The Hall–Kier alpha value is -1.89. The zero-order chi connectivity index (χ0) is 12.1. The number of H-pyrrole nitrogens is 2. The number of carbonyl (C=O) groups is 1. The highest BCUT2D eigenvalue weighted by Crippen LogP contribution is 1.92. The van der Waals surface area contributed by atoms with Gasteiger partial charge in [-0.3, -0.25) is 14.6 Å². The number of hydrogen-bond acceptors (Lipinski definition) is 4. The van der Waals surface area contributed by atoms with E-state index < -0.39 is 23.2 Å². The maximum absolute atomic E-state index is 11.5. The standard InChI is InChI=1S/C9H13N3O4/c1-2-5(4-13)11-7(14)6-3-10-9(16)12-8(6)15/h3,5,13H,2,4H2,1H3,(H,11,14)(H2,10,12,15,16)/t5-/m0/s1. The minimum Gasteiger partial charge on any atom is -0.394 e. The van der Waals surface area contributed by atoms with Gasteiger partial charge in [-0.1, -0.05) is 6.92 Å². The van der Waals surface area contributed by atoms with Crippen molar-refractivity contribution >= 4 is 5.91 Å². The largest absolute Gasteiger partial charge is 0.394 e. The van der Waals surface area contributed by atoms with Crippen LogP contribution in [-0.2, 0) is 0 Å². The third kappa shape index (κ3) is 2.80. The Kier molecular flexibility index (Phi) is 4.01. The molecule has 7 nitrogen and oxygen atoms in total. The molecule has 1 heterocycles. The summed E-state index contributed by atoms with van der Waals surface area (Å²) in [6.07, 6.45) is 1.59. The van der Waals surface area contributed by atoms with Crippen molar-refractivity contribution in [3.8, 4) is 0 Å². The SMILES string of the molecule is CC[C@@H](CO)NC(=O)c1c[nH]c(=O)[nH]c1=O. The van der Waals surface area contributed by atoms with Crippen LogP contribution in [0, 0.1) is 0 Å². The molecular weight excluding hydrogens is 214 g/mol. The normalized spacial score (nSPS) is 12.1. The van der Waals surface area contributed by atoms with E-state index in [0.29, 0.717) is 6.42 Å². The molecular formula is C9H13N3O4. The van der Waals surface area contributed by atoms with Gasteiger partial charge in [-0.2, -0.15) is 0 Å². The van der Waals surface area contributed by atoms with Gasteiger partial charge < -0.3 is 15.4 Å². The van der Waals surface area contributed by atoms with Gasteiger partial charge >= 0.3 is 5.69 Å². The Morgan fingerprint density at radius 1 is 1.56 bits per heavy atom. The first-order chi connectivity index (χ1) is 7.58. The molecule has 7 heteroatoms. The molecule has 0 bridgehead atoms. The summed E-state index contributed by atoms with van der Waals surface area (Å²) in [4.78, 5) is 37.6. The lowest BCUT2D eigenvalue weighted by atomic mass is 10.2. The van der Waals surface area contributed by atoms with Gasteiger partial charge in [0, 0.05) is 6.20 Å². The Bertz CT molecular complexity index is 472. The number of aliphatic hydroxyl groups is 1. The molecule has 0 saturated heterocycles. The number of aromatic amines is 2. The fourth-order valence-electron chi connectivity index (χ4n) is 1.12. The van der Waals surface area contributed by atoms with Crippen molar-refractivity contribution < 1.29 is 9.90 Å². The average Bonchev–Trinajstić information content (AvgIpc) is 2.25. The fraction of sp³-hybridized carbons (Fsp3) is 0.444. The summed E-state index contributed by atoms with van der Waals surface area (Å²) in [5, 5.41) is 11.3. The van der Waals surface area contributed by atoms with Gasteiger partial charge in [0.2, 0.25) is 0 Å². The summed E-state index contributed by atoms with van der Waals surface area (Å²) >= 11 is 0. The van der Waals surface area contributed by atoms with E-state index in [1.165, 1.54) is 0 Å². The average molecular weight is 227 g/mol. The highest BCUT2D eigenvalue weighted by atomic mass is 16.3. The molecule has 1 aromatic rings. The fourth-order valence-corrected chi connectivity index (χ4v) is 1.12. The summed E-state index contributed by atoms with van der Waals surface area (Å²) in [7, 11) is 0. The maximum atomic E-state index is 11.5. The zero-order valence-electron chi connectivity index (χ0n) is 8.74. The molecule has 0 unspecified atom stereocenters. The molecule has 1 amide bonds. The molecule has 0 fully saturated rings. The monoisotopic (exact) mass is 227 g/mol. The van der Waals surface area contributed by atoms with Crippen LogP contribution < -0.4 is 16.6 Å². The number of hydrogen-bond donors (Lipinski definition) is 4. The molecule has 0 aromatic carbocycles. The number of amides is 1. The summed E-state index contributed by atoms with van der Waals surface area (Å²) < 4.78 is 0. The molecule has 0 radical (unpaired) electrons. The van der Waals surface area contributed by atoms with E-state index in [4.69, 9.17) is 5.11 Å². The number of rotatable bonds is 4. The zero-order valence-corrected chi connectivity index (χ0v) is 8.74. The summed E-state index contributed by atoms with van der Waals surface area (Å²) in [6, 6.07) is -0.404. The van der Waals surface area contributed by atoms with Gasteiger partial charge in [-0.05, 0) is 6.42 Å². The van der Waals surface area contributed by atoms with E-state index in [1.54, 1.807) is 6.92 Å². The van der Waals surface area contributed by atoms with Gasteiger partial charge in [0.1, 0.15) is 5.56 Å². The predicted molar refractivity (Wildman–Crippen MR) is 56.3 cm³/mol. The third-order valence-electron chi connectivity index (χ3n) is 2.11. The second-order valence-corrected chi connectivity index (χ2v) is 3.25. The number of nitrogens with one attached hydrogen (secondary N) is 3. The van der Waals surface area contributed by atoms with Crippen molar-refractivity contribution in [3.63, 3.8) is 0 Å². The van der Waals surface area contributed by atoms with Gasteiger partial charge in [0.15, 0.2) is 0 Å². The van der Waals surface area contributed by atoms with Crippen molar-refractivity contribution in [1.82, 2.24) is 15.3 Å². The lowest BCUT2D eigenvalue weighted by Crippen LogP contribution is -2.40. The van der Waals surface area contributed by atoms with Gasteiger partial charge in [0.25, 0.3) is 11.5 Å². The molecule has 0 saturated carbocycles. The number of aliphatic hydroxyl groups excluding tert-OH is 1. The van der Waals surface area contributed by atoms with Gasteiger partial charge in [0.05, 0.1) is 12.6 Å². The van der Waals surface area contributed by atoms with Crippen LogP contribution in [0.2, 0.25) is 0 Å². The molecule has 0 aliphatic carbocycles.